The van der Waals surface area contributed by atoms with E-state index in [0.717, 1.165) is 34.9 Å². The maximum Gasteiger partial charge on any atom is 0.341 e. The number of benzene rings is 1. The summed E-state index contributed by atoms with van der Waals surface area (Å²) in [6.45, 7) is 11.3. The molecule has 0 bridgehead atoms. The average molecular weight is 535 g/mol. The second kappa shape index (κ2) is 10.9. The van der Waals surface area contributed by atoms with Crippen molar-refractivity contribution in [2.45, 2.75) is 53.9 Å². The van der Waals surface area contributed by atoms with Crippen LogP contribution in [0.5, 0.6) is 5.75 Å². The van der Waals surface area contributed by atoms with Crippen molar-refractivity contribution in [3.05, 3.63) is 50.3 Å². The Balaban J connectivity index is 1.86. The van der Waals surface area contributed by atoms with E-state index < -0.39 is 0 Å². The fourth-order valence-corrected chi connectivity index (χ4v) is 5.79. The third-order valence-electron chi connectivity index (χ3n) is 5.89. The zero-order valence-corrected chi connectivity index (χ0v) is 22.3. The number of fused-ring (bicyclic) bond motifs is 1. The fourth-order valence-electron chi connectivity index (χ4n) is 4.09. The van der Waals surface area contributed by atoms with Crippen molar-refractivity contribution >= 4 is 50.2 Å². The number of rotatable bonds is 7. The molecule has 0 spiro atoms. The summed E-state index contributed by atoms with van der Waals surface area (Å²) >= 11 is 4.96. The SMILES string of the molecule is CCOC(=O)c1c(NC(=O)/C=C/c2cc(Br)ccc2OCC)sc2c1CCC(C(C)(C)C)C2. The van der Waals surface area contributed by atoms with Crippen LogP contribution in [0.1, 0.15) is 67.4 Å². The Kier molecular flexibility index (Phi) is 8.40. The van der Waals surface area contributed by atoms with Crippen LogP contribution < -0.4 is 10.1 Å². The van der Waals surface area contributed by atoms with Crippen LogP contribution in [0.4, 0.5) is 5.00 Å². The van der Waals surface area contributed by atoms with Crippen LogP contribution in [-0.4, -0.2) is 25.1 Å². The van der Waals surface area contributed by atoms with Gasteiger partial charge in [0, 0.05) is 21.0 Å². The molecule has 1 unspecified atom stereocenters. The number of anilines is 1. The molecule has 0 saturated heterocycles. The van der Waals surface area contributed by atoms with Gasteiger partial charge in [0.1, 0.15) is 10.8 Å². The first-order chi connectivity index (χ1) is 15.6. The average Bonchev–Trinajstić information content (AvgIpc) is 3.10. The third kappa shape index (κ3) is 6.27. The lowest BCUT2D eigenvalue weighted by molar-refractivity contribution is -0.111. The van der Waals surface area contributed by atoms with Crippen LogP contribution in [-0.2, 0) is 22.4 Å². The molecular formula is C26H32BrNO4S. The lowest BCUT2D eigenvalue weighted by atomic mass is 9.72. The quantitative estimate of drug-likeness (QED) is 0.310. The second-order valence-electron chi connectivity index (χ2n) is 9.17. The third-order valence-corrected chi connectivity index (χ3v) is 7.56. The molecule has 33 heavy (non-hydrogen) atoms. The number of ether oxygens (including phenoxy) is 2. The maximum atomic E-state index is 12.8. The Morgan fingerprint density at radius 3 is 2.67 bits per heavy atom. The van der Waals surface area contributed by atoms with E-state index >= 15 is 0 Å². The van der Waals surface area contributed by atoms with Gasteiger partial charge in [-0.15, -0.1) is 11.3 Å². The monoisotopic (exact) mass is 533 g/mol. The summed E-state index contributed by atoms with van der Waals surface area (Å²) < 4.78 is 11.9. The van der Waals surface area contributed by atoms with E-state index in [9.17, 15) is 9.59 Å². The van der Waals surface area contributed by atoms with Crippen molar-refractivity contribution in [1.82, 2.24) is 0 Å². The van der Waals surface area contributed by atoms with Gasteiger partial charge in [-0.05, 0) is 74.3 Å². The van der Waals surface area contributed by atoms with Gasteiger partial charge in [0.05, 0.1) is 18.8 Å². The first kappa shape index (κ1) is 25.5. The molecule has 3 rings (SSSR count). The largest absolute Gasteiger partial charge is 0.493 e. The zero-order chi connectivity index (χ0) is 24.2. The van der Waals surface area contributed by atoms with Gasteiger partial charge in [-0.3, -0.25) is 4.79 Å². The number of halogens is 1. The van der Waals surface area contributed by atoms with Crippen molar-refractivity contribution in [2.24, 2.45) is 11.3 Å². The highest BCUT2D eigenvalue weighted by atomic mass is 79.9. The Morgan fingerprint density at radius 2 is 2.00 bits per heavy atom. The van der Waals surface area contributed by atoms with E-state index in [4.69, 9.17) is 9.47 Å². The van der Waals surface area contributed by atoms with E-state index in [1.54, 1.807) is 13.0 Å². The predicted molar refractivity (Wildman–Crippen MR) is 138 cm³/mol. The van der Waals surface area contributed by atoms with Crippen LogP contribution in [0.15, 0.2) is 28.7 Å². The Hall–Kier alpha value is -2.12. The molecule has 1 aliphatic carbocycles. The van der Waals surface area contributed by atoms with E-state index in [-0.39, 0.29) is 17.3 Å². The van der Waals surface area contributed by atoms with Crippen LogP contribution in [0.3, 0.4) is 0 Å². The summed E-state index contributed by atoms with van der Waals surface area (Å²) in [5.74, 6) is 0.579. The molecule has 7 heteroatoms. The van der Waals surface area contributed by atoms with Crippen LogP contribution in [0.2, 0.25) is 0 Å². The Morgan fingerprint density at radius 1 is 1.24 bits per heavy atom. The summed E-state index contributed by atoms with van der Waals surface area (Å²) in [6.07, 6.45) is 5.95. The molecule has 178 valence electrons. The molecule has 0 saturated carbocycles. The molecule has 1 aromatic carbocycles. The highest BCUT2D eigenvalue weighted by molar-refractivity contribution is 9.10. The maximum absolute atomic E-state index is 12.8. The number of carbonyl (C=O) groups is 2. The Labute approximate surface area is 208 Å². The van der Waals surface area contributed by atoms with Crippen molar-refractivity contribution in [2.75, 3.05) is 18.5 Å². The van der Waals surface area contributed by atoms with Gasteiger partial charge >= 0.3 is 5.97 Å². The van der Waals surface area contributed by atoms with E-state index in [2.05, 4.69) is 42.0 Å². The molecule has 1 aliphatic rings. The molecule has 0 aliphatic heterocycles. The zero-order valence-electron chi connectivity index (χ0n) is 19.9. The highest BCUT2D eigenvalue weighted by Gasteiger charge is 2.34. The van der Waals surface area contributed by atoms with E-state index in [0.29, 0.717) is 35.4 Å². The number of amides is 1. The summed E-state index contributed by atoms with van der Waals surface area (Å²) in [4.78, 5) is 26.8. The second-order valence-corrected chi connectivity index (χ2v) is 11.2. The first-order valence-electron chi connectivity index (χ1n) is 11.4. The van der Waals surface area contributed by atoms with Gasteiger partial charge in [0.2, 0.25) is 5.91 Å². The van der Waals surface area contributed by atoms with Crippen molar-refractivity contribution < 1.29 is 19.1 Å². The highest BCUT2D eigenvalue weighted by Crippen LogP contribution is 2.44. The van der Waals surface area contributed by atoms with Crippen LogP contribution >= 0.6 is 27.3 Å². The predicted octanol–water partition coefficient (Wildman–Crippen LogP) is 6.89. The lowest BCUT2D eigenvalue weighted by Crippen LogP contribution is -2.26. The standard InChI is InChI=1S/C26H32BrNO4S/c1-6-31-20-12-10-18(27)14-16(20)8-13-22(29)28-24-23(25(30)32-7-2)19-11-9-17(26(3,4)5)15-21(19)33-24/h8,10,12-14,17H,6-7,9,11,15H2,1-5H3,(H,28,29)/b13-8+. The van der Waals surface area contributed by atoms with E-state index in [1.807, 2.05) is 25.1 Å². The van der Waals surface area contributed by atoms with E-state index in [1.165, 1.54) is 22.3 Å². The molecule has 1 N–H and O–H groups in total. The minimum absolute atomic E-state index is 0.195. The molecule has 0 radical (unpaired) electrons. The minimum atomic E-state index is -0.367. The molecule has 2 aromatic rings. The first-order valence-corrected chi connectivity index (χ1v) is 13.0. The lowest BCUT2D eigenvalue weighted by Gasteiger charge is -2.33. The minimum Gasteiger partial charge on any atom is -0.493 e. The van der Waals surface area contributed by atoms with Crippen molar-refractivity contribution in [3.8, 4) is 5.75 Å². The van der Waals surface area contributed by atoms with Gasteiger partial charge in [-0.2, -0.15) is 0 Å². The number of esters is 1. The summed E-state index contributed by atoms with van der Waals surface area (Å²) in [6, 6.07) is 5.66. The van der Waals surface area contributed by atoms with Crippen molar-refractivity contribution in [1.29, 1.82) is 0 Å². The molecule has 1 atom stereocenters. The number of nitrogens with one attached hydrogen (secondary N) is 1. The number of hydrogen-bond donors (Lipinski definition) is 1. The van der Waals surface area contributed by atoms with Gasteiger partial charge in [0.15, 0.2) is 0 Å². The van der Waals surface area contributed by atoms with Gasteiger partial charge in [-0.1, -0.05) is 36.7 Å². The fraction of sp³-hybridized carbons (Fsp3) is 0.462. The van der Waals surface area contributed by atoms with Crippen LogP contribution in [0.25, 0.3) is 6.08 Å². The Bertz CT molecular complexity index is 1050. The summed E-state index contributed by atoms with van der Waals surface area (Å²) in [5, 5.41) is 3.51. The molecular weight excluding hydrogens is 502 g/mol. The normalized spacial score (nSPS) is 15.9. The molecule has 1 heterocycles. The number of hydrogen-bond acceptors (Lipinski definition) is 5. The van der Waals surface area contributed by atoms with Gasteiger partial charge < -0.3 is 14.8 Å². The molecule has 0 fully saturated rings. The molecule has 5 nitrogen and oxygen atoms in total. The topological polar surface area (TPSA) is 64.6 Å². The summed E-state index contributed by atoms with van der Waals surface area (Å²) in [7, 11) is 0. The summed E-state index contributed by atoms with van der Waals surface area (Å²) in [5.41, 5.74) is 2.54. The van der Waals surface area contributed by atoms with Crippen LogP contribution in [0, 0.1) is 11.3 Å². The van der Waals surface area contributed by atoms with Gasteiger partial charge in [-0.25, -0.2) is 4.79 Å². The molecule has 1 aromatic heterocycles. The number of carbonyl (C=O) groups excluding carboxylic acids is 2. The smallest absolute Gasteiger partial charge is 0.341 e. The van der Waals surface area contributed by atoms with Crippen molar-refractivity contribution in [3.63, 3.8) is 0 Å². The van der Waals surface area contributed by atoms with Gasteiger partial charge in [0.25, 0.3) is 0 Å². The number of thiophene rings is 1. The molecule has 1 amide bonds.